The monoisotopic (exact) mass is 303 g/mol. The number of carbonyl (C=O) groups is 1. The molecule has 1 amide bonds. The van der Waals surface area contributed by atoms with Crippen LogP contribution in [0.1, 0.15) is 25.0 Å². The molecular weight excluding hydrogens is 281 g/mol. The molecule has 0 saturated heterocycles. The second kappa shape index (κ2) is 7.20. The molecule has 0 unspecified atom stereocenters. The molecule has 4 nitrogen and oxygen atoms in total. The lowest BCUT2D eigenvalue weighted by molar-refractivity contribution is -0.121. The first-order valence-electron chi connectivity index (χ1n) is 7.45. The second-order valence-electron chi connectivity index (χ2n) is 5.95. The molecule has 1 aromatic heterocycles. The molecule has 0 aliphatic carbocycles. The van der Waals surface area contributed by atoms with Crippen LogP contribution in [0.4, 0.5) is 4.39 Å². The van der Waals surface area contributed by atoms with Crippen LogP contribution in [0.2, 0.25) is 0 Å². The molecule has 0 aliphatic rings. The number of halogens is 1. The Morgan fingerprint density at radius 3 is 2.50 bits per heavy atom. The van der Waals surface area contributed by atoms with Crippen LogP contribution in [0.5, 0.6) is 0 Å². The van der Waals surface area contributed by atoms with E-state index in [1.807, 2.05) is 13.2 Å². The van der Waals surface area contributed by atoms with Gasteiger partial charge in [0.05, 0.1) is 12.6 Å². The van der Waals surface area contributed by atoms with Gasteiger partial charge in [0.15, 0.2) is 0 Å². The zero-order valence-corrected chi connectivity index (χ0v) is 13.2. The van der Waals surface area contributed by atoms with Crippen LogP contribution in [0.25, 0.3) is 0 Å². The Kier molecular flexibility index (Phi) is 5.31. The highest BCUT2D eigenvalue weighted by atomic mass is 19.1. The Hall–Kier alpha value is -2.17. The minimum Gasteiger partial charge on any atom is -0.352 e. The minimum absolute atomic E-state index is 0.0196. The van der Waals surface area contributed by atoms with Crippen molar-refractivity contribution in [3.05, 3.63) is 53.6 Å². The van der Waals surface area contributed by atoms with E-state index in [-0.39, 0.29) is 17.8 Å². The lowest BCUT2D eigenvalue weighted by Gasteiger charge is -2.22. The molecule has 0 radical (unpaired) electrons. The summed E-state index contributed by atoms with van der Waals surface area (Å²) < 4.78 is 14.6. The number of aryl methyl sites for hydroxylation is 1. The molecule has 1 aromatic carbocycles. The maximum atomic E-state index is 13.0. The SMILES string of the molecule is CC(C)[C@@H](Cc1ccc(F)cc1)NC(=O)Cc1cnn(C)c1. The smallest absolute Gasteiger partial charge is 0.224 e. The lowest BCUT2D eigenvalue weighted by atomic mass is 9.96. The number of carbonyl (C=O) groups excluding carboxylic acids is 1. The maximum absolute atomic E-state index is 13.0. The van der Waals surface area contributed by atoms with E-state index >= 15 is 0 Å². The van der Waals surface area contributed by atoms with Crippen molar-refractivity contribution in [2.75, 3.05) is 0 Å². The fraction of sp³-hybridized carbons (Fsp3) is 0.412. The van der Waals surface area contributed by atoms with Gasteiger partial charge < -0.3 is 5.32 Å². The van der Waals surface area contributed by atoms with Crippen molar-refractivity contribution in [3.63, 3.8) is 0 Å². The van der Waals surface area contributed by atoms with E-state index in [0.29, 0.717) is 18.8 Å². The molecule has 5 heteroatoms. The van der Waals surface area contributed by atoms with E-state index in [0.717, 1.165) is 11.1 Å². The zero-order chi connectivity index (χ0) is 16.1. The molecule has 1 atom stereocenters. The van der Waals surface area contributed by atoms with Crippen LogP contribution in [0, 0.1) is 11.7 Å². The van der Waals surface area contributed by atoms with E-state index in [4.69, 9.17) is 0 Å². The van der Waals surface area contributed by atoms with Crippen molar-refractivity contribution in [1.82, 2.24) is 15.1 Å². The maximum Gasteiger partial charge on any atom is 0.224 e. The summed E-state index contributed by atoms with van der Waals surface area (Å²) in [7, 11) is 1.83. The topological polar surface area (TPSA) is 46.9 Å². The van der Waals surface area contributed by atoms with Crippen molar-refractivity contribution in [1.29, 1.82) is 0 Å². The van der Waals surface area contributed by atoms with E-state index in [2.05, 4.69) is 24.3 Å². The van der Waals surface area contributed by atoms with E-state index in [1.165, 1.54) is 12.1 Å². The van der Waals surface area contributed by atoms with Gasteiger partial charge in [-0.2, -0.15) is 5.10 Å². The minimum atomic E-state index is -0.245. The number of aromatic nitrogens is 2. The number of hydrogen-bond donors (Lipinski definition) is 1. The lowest BCUT2D eigenvalue weighted by Crippen LogP contribution is -2.40. The summed E-state index contributed by atoms with van der Waals surface area (Å²) in [4.78, 5) is 12.2. The molecule has 0 fully saturated rings. The summed E-state index contributed by atoms with van der Waals surface area (Å²) in [6.07, 6.45) is 4.55. The second-order valence-corrected chi connectivity index (χ2v) is 5.95. The van der Waals surface area contributed by atoms with Gasteiger partial charge in [-0.05, 0) is 35.6 Å². The molecule has 0 bridgehead atoms. The third-order valence-corrected chi connectivity index (χ3v) is 3.64. The van der Waals surface area contributed by atoms with Gasteiger partial charge in [0, 0.05) is 19.3 Å². The summed E-state index contributed by atoms with van der Waals surface area (Å²) in [5, 5.41) is 7.13. The normalized spacial score (nSPS) is 12.4. The van der Waals surface area contributed by atoms with Gasteiger partial charge in [0.1, 0.15) is 5.82 Å². The highest BCUT2D eigenvalue weighted by Crippen LogP contribution is 2.12. The Morgan fingerprint density at radius 1 is 1.27 bits per heavy atom. The Balaban J connectivity index is 1.96. The first-order valence-corrected chi connectivity index (χ1v) is 7.45. The molecule has 2 rings (SSSR count). The van der Waals surface area contributed by atoms with Gasteiger partial charge in [0.25, 0.3) is 0 Å². The van der Waals surface area contributed by atoms with Crippen LogP contribution >= 0.6 is 0 Å². The fourth-order valence-corrected chi connectivity index (χ4v) is 2.33. The molecule has 0 saturated carbocycles. The van der Waals surface area contributed by atoms with Gasteiger partial charge in [-0.1, -0.05) is 26.0 Å². The number of hydrogen-bond acceptors (Lipinski definition) is 2. The highest BCUT2D eigenvalue weighted by Gasteiger charge is 2.17. The molecule has 22 heavy (non-hydrogen) atoms. The summed E-state index contributed by atoms with van der Waals surface area (Å²) in [6.45, 7) is 4.14. The van der Waals surface area contributed by atoms with Crippen molar-refractivity contribution < 1.29 is 9.18 Å². The van der Waals surface area contributed by atoms with Gasteiger partial charge in [0.2, 0.25) is 5.91 Å². The number of nitrogens with one attached hydrogen (secondary N) is 1. The summed E-state index contributed by atoms with van der Waals surface area (Å²) >= 11 is 0. The molecule has 118 valence electrons. The Labute approximate surface area is 130 Å². The number of amides is 1. The molecule has 0 spiro atoms. The number of nitrogens with zero attached hydrogens (tertiary/aromatic N) is 2. The van der Waals surface area contributed by atoms with E-state index in [9.17, 15) is 9.18 Å². The van der Waals surface area contributed by atoms with Crippen molar-refractivity contribution >= 4 is 5.91 Å². The standard InChI is InChI=1S/C17H22FN3O/c1-12(2)16(8-13-4-6-15(18)7-5-13)20-17(22)9-14-10-19-21(3)11-14/h4-7,10-12,16H,8-9H2,1-3H3,(H,20,22)/t16-/m1/s1. The first kappa shape index (κ1) is 16.2. The van der Waals surface area contributed by atoms with Gasteiger partial charge in [-0.25, -0.2) is 4.39 Å². The quantitative estimate of drug-likeness (QED) is 0.891. The number of rotatable bonds is 6. The molecule has 1 N–H and O–H groups in total. The zero-order valence-electron chi connectivity index (χ0n) is 13.2. The van der Waals surface area contributed by atoms with Gasteiger partial charge >= 0.3 is 0 Å². The van der Waals surface area contributed by atoms with Crippen LogP contribution < -0.4 is 5.32 Å². The third kappa shape index (κ3) is 4.69. The van der Waals surface area contributed by atoms with E-state index in [1.54, 1.807) is 23.0 Å². The van der Waals surface area contributed by atoms with Crippen molar-refractivity contribution in [2.24, 2.45) is 13.0 Å². The predicted octanol–water partition coefficient (Wildman–Crippen LogP) is 2.49. The third-order valence-electron chi connectivity index (χ3n) is 3.64. The molecule has 0 aliphatic heterocycles. The Morgan fingerprint density at radius 2 is 1.95 bits per heavy atom. The fourth-order valence-electron chi connectivity index (χ4n) is 2.33. The summed E-state index contributed by atoms with van der Waals surface area (Å²) in [5.41, 5.74) is 1.91. The average molecular weight is 303 g/mol. The first-order chi connectivity index (χ1) is 10.4. The molecule has 2 aromatic rings. The Bertz CT molecular complexity index is 619. The van der Waals surface area contributed by atoms with Crippen LogP contribution in [0.3, 0.4) is 0 Å². The van der Waals surface area contributed by atoms with Crippen LogP contribution in [-0.4, -0.2) is 21.7 Å². The van der Waals surface area contributed by atoms with E-state index < -0.39 is 0 Å². The van der Waals surface area contributed by atoms with Gasteiger partial charge in [-0.3, -0.25) is 9.48 Å². The largest absolute Gasteiger partial charge is 0.352 e. The predicted molar refractivity (Wildman–Crippen MR) is 83.8 cm³/mol. The van der Waals surface area contributed by atoms with Crippen molar-refractivity contribution in [3.8, 4) is 0 Å². The summed E-state index contributed by atoms with van der Waals surface area (Å²) in [5.74, 6) is 0.0298. The summed E-state index contributed by atoms with van der Waals surface area (Å²) in [6, 6.07) is 6.44. The van der Waals surface area contributed by atoms with Crippen LogP contribution in [-0.2, 0) is 24.7 Å². The van der Waals surface area contributed by atoms with Gasteiger partial charge in [-0.15, -0.1) is 0 Å². The molecule has 1 heterocycles. The average Bonchev–Trinajstić information content (AvgIpc) is 2.85. The molecular formula is C17H22FN3O. The highest BCUT2D eigenvalue weighted by molar-refractivity contribution is 5.78. The van der Waals surface area contributed by atoms with Crippen molar-refractivity contribution in [2.45, 2.75) is 32.7 Å². The number of benzene rings is 1. The van der Waals surface area contributed by atoms with Crippen LogP contribution in [0.15, 0.2) is 36.7 Å².